The van der Waals surface area contributed by atoms with Crippen LogP contribution in [-0.4, -0.2) is 41.8 Å². The van der Waals surface area contributed by atoms with E-state index in [4.69, 9.17) is 5.26 Å². The Hall–Kier alpha value is -2.35. The molecule has 1 fully saturated rings. The normalized spacial score (nSPS) is 15.6. The van der Waals surface area contributed by atoms with Gasteiger partial charge in [0.05, 0.1) is 11.6 Å². The first kappa shape index (κ1) is 13.1. The van der Waals surface area contributed by atoms with Gasteiger partial charge in [0.25, 0.3) is 0 Å². The maximum Gasteiger partial charge on any atom is 0.312 e. The van der Waals surface area contributed by atoms with Crippen LogP contribution in [0.4, 0.5) is 0 Å². The molecule has 0 unspecified atom stereocenters. The zero-order chi connectivity index (χ0) is 14.0. The van der Waals surface area contributed by atoms with Gasteiger partial charge in [0.15, 0.2) is 0 Å². The molecule has 0 bridgehead atoms. The van der Waals surface area contributed by atoms with Gasteiger partial charge in [0, 0.05) is 26.7 Å². The van der Waals surface area contributed by atoms with Gasteiger partial charge in [-0.25, -0.2) is 0 Å². The van der Waals surface area contributed by atoms with Crippen molar-refractivity contribution in [2.45, 2.75) is 13.5 Å². The van der Waals surface area contributed by atoms with Gasteiger partial charge in [-0.2, -0.15) is 5.26 Å². The van der Waals surface area contributed by atoms with Crippen molar-refractivity contribution in [3.63, 3.8) is 0 Å². The zero-order valence-electron chi connectivity index (χ0n) is 11.0. The van der Waals surface area contributed by atoms with Gasteiger partial charge < -0.3 is 9.80 Å². The molecule has 0 spiro atoms. The summed E-state index contributed by atoms with van der Waals surface area (Å²) < 4.78 is 0. The fraction of sp³-hybridized carbons (Fsp3) is 0.357. The van der Waals surface area contributed by atoms with Gasteiger partial charge in [-0.05, 0) is 30.2 Å². The molecule has 5 nitrogen and oxygen atoms in total. The smallest absolute Gasteiger partial charge is 0.312 e. The molecule has 0 atom stereocenters. The van der Waals surface area contributed by atoms with Crippen LogP contribution in [0.1, 0.15) is 16.7 Å². The van der Waals surface area contributed by atoms with Crippen molar-refractivity contribution in [1.29, 1.82) is 5.26 Å². The first-order chi connectivity index (χ1) is 9.02. The molecule has 0 aliphatic carbocycles. The number of benzene rings is 1. The number of likely N-dealkylation sites (N-methyl/N-ethyl adjacent to an activating group) is 1. The quantitative estimate of drug-likeness (QED) is 0.731. The Labute approximate surface area is 112 Å². The second-order valence-corrected chi connectivity index (χ2v) is 4.71. The van der Waals surface area contributed by atoms with E-state index in [2.05, 4.69) is 6.07 Å². The van der Waals surface area contributed by atoms with E-state index in [0.717, 1.165) is 11.1 Å². The van der Waals surface area contributed by atoms with E-state index in [0.29, 0.717) is 25.2 Å². The number of nitrogens with zero attached hydrogens (tertiary/aromatic N) is 3. The fourth-order valence-electron chi connectivity index (χ4n) is 2.07. The van der Waals surface area contributed by atoms with Crippen molar-refractivity contribution in [2.75, 3.05) is 20.1 Å². The highest BCUT2D eigenvalue weighted by Crippen LogP contribution is 2.15. The summed E-state index contributed by atoms with van der Waals surface area (Å²) in [5, 5.41) is 8.82. The maximum atomic E-state index is 11.9. The van der Waals surface area contributed by atoms with Crippen molar-refractivity contribution in [1.82, 2.24) is 9.80 Å². The fourth-order valence-corrected chi connectivity index (χ4v) is 2.07. The number of aryl methyl sites for hydroxylation is 1. The molecule has 0 aromatic heterocycles. The van der Waals surface area contributed by atoms with Crippen LogP contribution in [0.3, 0.4) is 0 Å². The molecule has 0 saturated carbocycles. The molecular weight excluding hydrogens is 242 g/mol. The lowest BCUT2D eigenvalue weighted by Crippen LogP contribution is -2.52. The standard InChI is InChI=1S/C14H15N3O2/c1-10-7-11(8-15)3-4-12(10)9-17-6-5-16(2)13(18)14(17)19/h3-4,7H,5-6,9H2,1-2H3. The number of hydrogen-bond donors (Lipinski definition) is 0. The average molecular weight is 257 g/mol. The number of carbonyl (C=O) groups is 2. The van der Waals surface area contributed by atoms with E-state index >= 15 is 0 Å². The van der Waals surface area contributed by atoms with E-state index < -0.39 is 11.8 Å². The van der Waals surface area contributed by atoms with Crippen LogP contribution in [0.2, 0.25) is 0 Å². The summed E-state index contributed by atoms with van der Waals surface area (Å²) in [7, 11) is 1.63. The summed E-state index contributed by atoms with van der Waals surface area (Å²) in [6, 6.07) is 7.43. The van der Waals surface area contributed by atoms with Gasteiger partial charge in [-0.15, -0.1) is 0 Å². The summed E-state index contributed by atoms with van der Waals surface area (Å²) in [5.74, 6) is -0.921. The lowest BCUT2D eigenvalue weighted by molar-refractivity contribution is -0.155. The minimum absolute atomic E-state index is 0.413. The van der Waals surface area contributed by atoms with Crippen LogP contribution in [0, 0.1) is 18.3 Å². The van der Waals surface area contributed by atoms with E-state index in [1.807, 2.05) is 13.0 Å². The second kappa shape index (κ2) is 5.11. The van der Waals surface area contributed by atoms with Crippen molar-refractivity contribution < 1.29 is 9.59 Å². The molecule has 2 rings (SSSR count). The summed E-state index contributed by atoms with van der Waals surface area (Å²) in [5.41, 5.74) is 2.52. The predicted molar refractivity (Wildman–Crippen MR) is 68.9 cm³/mol. The first-order valence-electron chi connectivity index (χ1n) is 6.07. The van der Waals surface area contributed by atoms with Crippen LogP contribution in [0.25, 0.3) is 0 Å². The van der Waals surface area contributed by atoms with Crippen LogP contribution < -0.4 is 0 Å². The van der Waals surface area contributed by atoms with Gasteiger partial charge in [0.2, 0.25) is 0 Å². The Morgan fingerprint density at radius 1 is 1.26 bits per heavy atom. The minimum atomic E-state index is -0.461. The number of rotatable bonds is 2. The molecule has 1 aliphatic rings. The number of amides is 2. The minimum Gasteiger partial charge on any atom is -0.336 e. The monoisotopic (exact) mass is 257 g/mol. The molecule has 5 heteroatoms. The summed E-state index contributed by atoms with van der Waals surface area (Å²) in [6.07, 6.45) is 0. The van der Waals surface area contributed by atoms with E-state index in [-0.39, 0.29) is 0 Å². The SMILES string of the molecule is Cc1cc(C#N)ccc1CN1CCN(C)C(=O)C1=O. The Bertz CT molecular complexity index is 575. The third-order valence-corrected chi connectivity index (χ3v) is 3.36. The third-order valence-electron chi connectivity index (χ3n) is 3.36. The summed E-state index contributed by atoms with van der Waals surface area (Å²) >= 11 is 0. The van der Waals surface area contributed by atoms with Gasteiger partial charge >= 0.3 is 11.8 Å². The van der Waals surface area contributed by atoms with Crippen LogP contribution in [0.15, 0.2) is 18.2 Å². The number of hydrogen-bond acceptors (Lipinski definition) is 3. The van der Waals surface area contributed by atoms with Crippen molar-refractivity contribution >= 4 is 11.8 Å². The molecule has 1 heterocycles. The van der Waals surface area contributed by atoms with E-state index in [1.54, 1.807) is 24.1 Å². The molecule has 1 aromatic rings. The Kier molecular flexibility index (Phi) is 3.52. The number of carbonyl (C=O) groups excluding carboxylic acids is 2. The molecule has 98 valence electrons. The van der Waals surface area contributed by atoms with Crippen LogP contribution >= 0.6 is 0 Å². The molecule has 1 aromatic carbocycles. The molecule has 0 radical (unpaired) electrons. The third kappa shape index (κ3) is 2.58. The van der Waals surface area contributed by atoms with Crippen molar-refractivity contribution in [3.8, 4) is 6.07 Å². The maximum absolute atomic E-state index is 11.9. The lowest BCUT2D eigenvalue weighted by atomic mass is 10.0. The Balaban J connectivity index is 2.16. The predicted octanol–water partition coefficient (Wildman–Crippen LogP) is 0.667. The van der Waals surface area contributed by atoms with E-state index in [1.165, 1.54) is 4.90 Å². The van der Waals surface area contributed by atoms with Crippen LogP contribution in [0.5, 0.6) is 0 Å². The van der Waals surface area contributed by atoms with Gasteiger partial charge in [-0.1, -0.05) is 6.07 Å². The number of nitriles is 1. The highest BCUT2D eigenvalue weighted by Gasteiger charge is 2.30. The van der Waals surface area contributed by atoms with Gasteiger partial charge in [0.1, 0.15) is 0 Å². The van der Waals surface area contributed by atoms with Crippen LogP contribution in [-0.2, 0) is 16.1 Å². The first-order valence-corrected chi connectivity index (χ1v) is 6.07. The highest BCUT2D eigenvalue weighted by atomic mass is 16.2. The summed E-state index contributed by atoms with van der Waals surface area (Å²) in [6.45, 7) is 3.41. The molecule has 2 amide bonds. The molecule has 0 N–H and O–H groups in total. The molecule has 19 heavy (non-hydrogen) atoms. The lowest BCUT2D eigenvalue weighted by Gasteiger charge is -2.31. The van der Waals surface area contributed by atoms with Crippen molar-refractivity contribution in [2.24, 2.45) is 0 Å². The zero-order valence-corrected chi connectivity index (χ0v) is 11.0. The van der Waals surface area contributed by atoms with Crippen molar-refractivity contribution in [3.05, 3.63) is 34.9 Å². The van der Waals surface area contributed by atoms with Gasteiger partial charge in [-0.3, -0.25) is 9.59 Å². The molecule has 1 aliphatic heterocycles. The second-order valence-electron chi connectivity index (χ2n) is 4.71. The highest BCUT2D eigenvalue weighted by molar-refractivity contribution is 6.35. The van der Waals surface area contributed by atoms with E-state index in [9.17, 15) is 9.59 Å². The molecule has 1 saturated heterocycles. The number of piperazine rings is 1. The Morgan fingerprint density at radius 2 is 2.00 bits per heavy atom. The largest absolute Gasteiger partial charge is 0.336 e. The topological polar surface area (TPSA) is 64.4 Å². The Morgan fingerprint density at radius 3 is 2.63 bits per heavy atom. The average Bonchev–Trinajstić information content (AvgIpc) is 2.41. The molecular formula is C14H15N3O2. The summed E-state index contributed by atoms with van der Waals surface area (Å²) in [4.78, 5) is 26.4.